The summed E-state index contributed by atoms with van der Waals surface area (Å²) in [7, 11) is 3.18. The van der Waals surface area contributed by atoms with Gasteiger partial charge < -0.3 is 20.1 Å². The number of amides is 1. The summed E-state index contributed by atoms with van der Waals surface area (Å²) in [5, 5.41) is 6.18. The van der Waals surface area contributed by atoms with E-state index in [-0.39, 0.29) is 5.91 Å². The van der Waals surface area contributed by atoms with Gasteiger partial charge in [0, 0.05) is 31.6 Å². The highest BCUT2D eigenvalue weighted by atomic mass is 35.5. The second-order valence-electron chi connectivity index (χ2n) is 4.66. The largest absolute Gasteiger partial charge is 0.497 e. The van der Waals surface area contributed by atoms with Crippen molar-refractivity contribution in [2.24, 2.45) is 0 Å². The molecule has 6 nitrogen and oxygen atoms in total. The summed E-state index contributed by atoms with van der Waals surface area (Å²) >= 11 is 6.14. The van der Waals surface area contributed by atoms with Crippen molar-refractivity contribution in [2.75, 3.05) is 38.0 Å². The van der Waals surface area contributed by atoms with Gasteiger partial charge in [0.05, 0.1) is 24.3 Å². The Balaban J connectivity index is 2.05. The number of hydrogen-bond donors (Lipinski definition) is 2. The fourth-order valence-corrected chi connectivity index (χ4v) is 2.10. The number of anilines is 2. The van der Waals surface area contributed by atoms with Crippen molar-refractivity contribution in [3.05, 3.63) is 47.1 Å². The predicted molar refractivity (Wildman–Crippen MR) is 90.6 cm³/mol. The molecule has 0 radical (unpaired) electrons. The number of benzene rings is 1. The minimum absolute atomic E-state index is 0.295. The minimum atomic E-state index is -0.295. The highest BCUT2D eigenvalue weighted by Gasteiger charge is 2.10. The molecule has 0 atom stereocenters. The van der Waals surface area contributed by atoms with E-state index >= 15 is 0 Å². The van der Waals surface area contributed by atoms with Gasteiger partial charge in [-0.05, 0) is 18.2 Å². The lowest BCUT2D eigenvalue weighted by atomic mass is 10.2. The van der Waals surface area contributed by atoms with Crippen molar-refractivity contribution in [1.82, 2.24) is 4.98 Å². The third-order valence-corrected chi connectivity index (χ3v) is 3.32. The van der Waals surface area contributed by atoms with Crippen LogP contribution in [0.25, 0.3) is 0 Å². The number of carbonyl (C=O) groups excluding carboxylic acids is 1. The molecule has 122 valence electrons. The zero-order valence-corrected chi connectivity index (χ0v) is 13.7. The molecule has 0 bridgehead atoms. The van der Waals surface area contributed by atoms with E-state index in [1.54, 1.807) is 44.6 Å². The number of hydrogen-bond acceptors (Lipinski definition) is 5. The SMILES string of the molecule is COCCNc1ncc(C(=O)Nc2cccc(OC)c2)cc1Cl. The van der Waals surface area contributed by atoms with Crippen LogP contribution in [-0.2, 0) is 4.74 Å². The lowest BCUT2D eigenvalue weighted by Crippen LogP contribution is -2.14. The third kappa shape index (κ3) is 4.84. The van der Waals surface area contributed by atoms with Gasteiger partial charge in [-0.15, -0.1) is 0 Å². The smallest absolute Gasteiger partial charge is 0.257 e. The van der Waals surface area contributed by atoms with Crippen molar-refractivity contribution in [3.63, 3.8) is 0 Å². The van der Waals surface area contributed by atoms with Crippen LogP contribution in [0.4, 0.5) is 11.5 Å². The molecule has 1 amide bonds. The van der Waals surface area contributed by atoms with Gasteiger partial charge in [0.2, 0.25) is 0 Å². The molecule has 0 fully saturated rings. The normalized spacial score (nSPS) is 10.2. The molecule has 0 aliphatic rings. The van der Waals surface area contributed by atoms with Crippen molar-refractivity contribution in [2.45, 2.75) is 0 Å². The van der Waals surface area contributed by atoms with Crippen molar-refractivity contribution >= 4 is 29.0 Å². The Morgan fingerprint density at radius 1 is 1.30 bits per heavy atom. The maximum Gasteiger partial charge on any atom is 0.257 e. The summed E-state index contributed by atoms with van der Waals surface area (Å²) in [6.07, 6.45) is 1.47. The monoisotopic (exact) mass is 335 g/mol. The maximum absolute atomic E-state index is 12.2. The minimum Gasteiger partial charge on any atom is -0.497 e. The number of nitrogens with one attached hydrogen (secondary N) is 2. The first kappa shape index (κ1) is 17.1. The third-order valence-electron chi connectivity index (χ3n) is 3.03. The molecule has 2 N–H and O–H groups in total. The number of methoxy groups -OCH3 is 2. The van der Waals surface area contributed by atoms with Crippen LogP contribution >= 0.6 is 11.6 Å². The topological polar surface area (TPSA) is 72.5 Å². The van der Waals surface area contributed by atoms with Crippen LogP contribution in [0, 0.1) is 0 Å². The van der Waals surface area contributed by atoms with E-state index in [0.717, 1.165) is 0 Å². The van der Waals surface area contributed by atoms with E-state index in [0.29, 0.717) is 41.0 Å². The number of aromatic nitrogens is 1. The van der Waals surface area contributed by atoms with Crippen LogP contribution in [0.3, 0.4) is 0 Å². The second kappa shape index (κ2) is 8.36. The number of rotatable bonds is 7. The van der Waals surface area contributed by atoms with Crippen LogP contribution in [0.2, 0.25) is 5.02 Å². The van der Waals surface area contributed by atoms with Gasteiger partial charge in [-0.3, -0.25) is 4.79 Å². The van der Waals surface area contributed by atoms with Crippen molar-refractivity contribution in [1.29, 1.82) is 0 Å². The van der Waals surface area contributed by atoms with Crippen molar-refractivity contribution in [3.8, 4) is 5.75 Å². The summed E-state index contributed by atoms with van der Waals surface area (Å²) in [6.45, 7) is 1.12. The fraction of sp³-hybridized carbons (Fsp3) is 0.250. The Hall–Kier alpha value is -2.31. The Bertz CT molecular complexity index is 679. The Labute approximate surface area is 139 Å². The Morgan fingerprint density at radius 2 is 2.13 bits per heavy atom. The maximum atomic E-state index is 12.2. The predicted octanol–water partition coefficient (Wildman–Crippen LogP) is 3.05. The number of pyridine rings is 1. The van der Waals surface area contributed by atoms with E-state index in [1.807, 2.05) is 0 Å². The van der Waals surface area contributed by atoms with E-state index in [9.17, 15) is 4.79 Å². The molecule has 1 aromatic heterocycles. The van der Waals surface area contributed by atoms with E-state index in [1.165, 1.54) is 6.20 Å². The summed E-state index contributed by atoms with van der Waals surface area (Å²) in [4.78, 5) is 16.4. The lowest BCUT2D eigenvalue weighted by molar-refractivity contribution is 0.102. The first-order valence-electron chi connectivity index (χ1n) is 6.98. The fourth-order valence-electron chi connectivity index (χ4n) is 1.87. The van der Waals surface area contributed by atoms with Gasteiger partial charge in [0.1, 0.15) is 11.6 Å². The molecule has 0 unspecified atom stereocenters. The molecule has 1 heterocycles. The molecular weight excluding hydrogens is 318 g/mol. The number of nitrogens with zero attached hydrogens (tertiary/aromatic N) is 1. The van der Waals surface area contributed by atoms with Gasteiger partial charge in [0.15, 0.2) is 0 Å². The standard InChI is InChI=1S/C16H18ClN3O3/c1-22-7-6-18-15-14(17)8-11(10-19-15)16(21)20-12-4-3-5-13(9-12)23-2/h3-5,8-10H,6-7H2,1-2H3,(H,18,19)(H,20,21). The van der Waals surface area contributed by atoms with Crippen LogP contribution in [0.15, 0.2) is 36.5 Å². The molecule has 1 aromatic carbocycles. The average Bonchev–Trinajstić information content (AvgIpc) is 2.56. The van der Waals surface area contributed by atoms with Crippen molar-refractivity contribution < 1.29 is 14.3 Å². The highest BCUT2D eigenvalue weighted by Crippen LogP contribution is 2.21. The first-order valence-corrected chi connectivity index (χ1v) is 7.35. The summed E-state index contributed by atoms with van der Waals surface area (Å²) in [5.41, 5.74) is 1.00. The van der Waals surface area contributed by atoms with E-state index in [4.69, 9.17) is 21.1 Å². The molecule has 2 rings (SSSR count). The molecule has 0 aliphatic heterocycles. The lowest BCUT2D eigenvalue weighted by Gasteiger charge is -2.09. The molecule has 7 heteroatoms. The molecule has 2 aromatic rings. The van der Waals surface area contributed by atoms with E-state index in [2.05, 4.69) is 15.6 Å². The van der Waals surface area contributed by atoms with Gasteiger partial charge in [-0.2, -0.15) is 0 Å². The molecular formula is C16H18ClN3O3. The Morgan fingerprint density at radius 3 is 2.83 bits per heavy atom. The average molecular weight is 336 g/mol. The van der Waals surface area contributed by atoms with Crippen LogP contribution in [-0.4, -0.2) is 38.3 Å². The number of ether oxygens (including phenoxy) is 2. The zero-order valence-electron chi connectivity index (χ0n) is 12.9. The summed E-state index contributed by atoms with van der Waals surface area (Å²) < 4.78 is 10.1. The molecule has 0 saturated heterocycles. The molecule has 23 heavy (non-hydrogen) atoms. The van der Waals surface area contributed by atoms with Gasteiger partial charge in [-0.25, -0.2) is 4.98 Å². The van der Waals surface area contributed by atoms with Gasteiger partial charge >= 0.3 is 0 Å². The summed E-state index contributed by atoms with van der Waals surface area (Å²) in [5.74, 6) is 0.884. The van der Waals surface area contributed by atoms with Crippen LogP contribution in [0.5, 0.6) is 5.75 Å². The van der Waals surface area contributed by atoms with Crippen LogP contribution in [0.1, 0.15) is 10.4 Å². The molecule has 0 saturated carbocycles. The summed E-state index contributed by atoms with van der Waals surface area (Å²) in [6, 6.07) is 8.67. The molecule has 0 aliphatic carbocycles. The van der Waals surface area contributed by atoms with Gasteiger partial charge in [0.25, 0.3) is 5.91 Å². The highest BCUT2D eigenvalue weighted by molar-refractivity contribution is 6.33. The quantitative estimate of drug-likeness (QED) is 0.761. The molecule has 0 spiro atoms. The van der Waals surface area contributed by atoms with E-state index < -0.39 is 0 Å². The Kier molecular flexibility index (Phi) is 6.19. The van der Waals surface area contributed by atoms with Crippen LogP contribution < -0.4 is 15.4 Å². The van der Waals surface area contributed by atoms with Gasteiger partial charge in [-0.1, -0.05) is 17.7 Å². The number of halogens is 1. The number of carbonyl (C=O) groups is 1. The second-order valence-corrected chi connectivity index (χ2v) is 5.07. The zero-order chi connectivity index (χ0) is 16.7. The first-order chi connectivity index (χ1) is 11.1.